The molecule has 4 aromatic carbocycles. The van der Waals surface area contributed by atoms with Gasteiger partial charge in [0, 0.05) is 23.2 Å². The van der Waals surface area contributed by atoms with E-state index >= 15 is 0 Å². The monoisotopic (exact) mass is 534 g/mol. The lowest BCUT2D eigenvalue weighted by Crippen LogP contribution is -2.29. The van der Waals surface area contributed by atoms with Crippen LogP contribution in [0, 0.1) is 25.7 Å². The highest BCUT2D eigenvalue weighted by atomic mass is 15.0. The second-order valence-corrected chi connectivity index (χ2v) is 12.8. The molecule has 2 aliphatic carbocycles. The van der Waals surface area contributed by atoms with Crippen LogP contribution in [0.25, 0.3) is 0 Å². The maximum absolute atomic E-state index is 3.93. The number of benzene rings is 4. The van der Waals surface area contributed by atoms with Crippen molar-refractivity contribution in [3.8, 4) is 0 Å². The van der Waals surface area contributed by atoms with Crippen LogP contribution in [-0.4, -0.2) is 0 Å². The Morgan fingerprint density at radius 3 is 1.44 bits per heavy atom. The second-order valence-electron chi connectivity index (χ2n) is 12.8. The second kappa shape index (κ2) is 9.80. The summed E-state index contributed by atoms with van der Waals surface area (Å²) >= 11 is 0. The molecule has 204 valence electrons. The van der Waals surface area contributed by atoms with Gasteiger partial charge in [0.1, 0.15) is 0 Å². The van der Waals surface area contributed by atoms with E-state index < -0.39 is 0 Å². The van der Waals surface area contributed by atoms with Crippen molar-refractivity contribution in [2.45, 2.75) is 57.0 Å². The number of fused-ring (bicyclic) bond motifs is 6. The van der Waals surface area contributed by atoms with E-state index in [2.05, 4.69) is 134 Å². The van der Waals surface area contributed by atoms with Crippen molar-refractivity contribution in [3.05, 3.63) is 154 Å². The average molecular weight is 535 g/mol. The topological polar surface area (TPSA) is 24.1 Å². The Balaban J connectivity index is 1.06. The Labute approximate surface area is 244 Å². The van der Waals surface area contributed by atoms with Gasteiger partial charge >= 0.3 is 0 Å². The molecule has 0 saturated carbocycles. The van der Waals surface area contributed by atoms with Crippen molar-refractivity contribution in [2.24, 2.45) is 11.8 Å². The molecule has 0 fully saturated rings. The average Bonchev–Trinajstić information content (AvgIpc) is 3.69. The van der Waals surface area contributed by atoms with Crippen molar-refractivity contribution in [1.82, 2.24) is 0 Å². The van der Waals surface area contributed by atoms with Gasteiger partial charge in [-0.15, -0.1) is 0 Å². The molecule has 2 aliphatic heterocycles. The van der Waals surface area contributed by atoms with Crippen LogP contribution in [0.4, 0.5) is 11.4 Å². The van der Waals surface area contributed by atoms with Crippen LogP contribution in [0.3, 0.4) is 0 Å². The number of anilines is 2. The molecule has 0 bridgehead atoms. The van der Waals surface area contributed by atoms with Gasteiger partial charge in [0.25, 0.3) is 0 Å². The summed E-state index contributed by atoms with van der Waals surface area (Å²) in [6.07, 6.45) is 12.9. The summed E-state index contributed by atoms with van der Waals surface area (Å²) in [5.74, 6) is 2.10. The molecule has 4 aromatic rings. The molecule has 2 nitrogen and oxygen atoms in total. The van der Waals surface area contributed by atoms with Crippen LogP contribution < -0.4 is 10.6 Å². The molecular formula is C39H38N2. The van der Waals surface area contributed by atoms with Gasteiger partial charge in [-0.05, 0) is 90.5 Å². The van der Waals surface area contributed by atoms with Crippen molar-refractivity contribution < 1.29 is 0 Å². The zero-order valence-electron chi connectivity index (χ0n) is 24.0. The fourth-order valence-electron chi connectivity index (χ4n) is 7.95. The normalized spacial score (nSPS) is 26.9. The third-order valence-electron chi connectivity index (χ3n) is 10.1. The van der Waals surface area contributed by atoms with Crippen LogP contribution in [0.1, 0.15) is 81.3 Å². The Kier molecular flexibility index (Phi) is 5.91. The largest absolute Gasteiger partial charge is 0.378 e. The maximum Gasteiger partial charge on any atom is 0.0553 e. The van der Waals surface area contributed by atoms with Gasteiger partial charge in [-0.1, -0.05) is 108 Å². The molecule has 41 heavy (non-hydrogen) atoms. The van der Waals surface area contributed by atoms with E-state index in [1.807, 2.05) is 0 Å². The number of allylic oxidation sites excluding steroid dienone is 4. The third-order valence-corrected chi connectivity index (χ3v) is 10.1. The Morgan fingerprint density at radius 1 is 0.561 bits per heavy atom. The first kappa shape index (κ1) is 24.7. The summed E-state index contributed by atoms with van der Waals surface area (Å²) < 4.78 is 0. The van der Waals surface area contributed by atoms with Crippen LogP contribution in [-0.2, 0) is 6.42 Å². The predicted octanol–water partition coefficient (Wildman–Crippen LogP) is 9.55. The summed E-state index contributed by atoms with van der Waals surface area (Å²) in [6, 6.07) is 33.2. The first-order chi connectivity index (χ1) is 20.1. The lowest BCUT2D eigenvalue weighted by Gasteiger charge is -2.38. The summed E-state index contributed by atoms with van der Waals surface area (Å²) in [6.45, 7) is 4.33. The predicted molar refractivity (Wildman–Crippen MR) is 171 cm³/mol. The number of hydrogen-bond donors (Lipinski definition) is 2. The van der Waals surface area contributed by atoms with Gasteiger partial charge in [0.15, 0.2) is 0 Å². The molecule has 6 atom stereocenters. The minimum Gasteiger partial charge on any atom is -0.378 e. The molecule has 0 amide bonds. The fourth-order valence-corrected chi connectivity index (χ4v) is 7.95. The Hall–Kier alpha value is -4.04. The molecule has 2 heteroatoms. The van der Waals surface area contributed by atoms with Crippen LogP contribution in [0.15, 0.2) is 109 Å². The van der Waals surface area contributed by atoms with Gasteiger partial charge < -0.3 is 10.6 Å². The SMILES string of the molecule is Cc1ccc([C@H]2Nc3ccc(Cc4ccc5c(c4)[C@H]4C=CC[C@H]4[C@@H](c4ccc(C)cc4)N5)cc3[C@H]3C=CC[C@H]32)cc1. The molecule has 0 unspecified atom stereocenters. The van der Waals surface area contributed by atoms with Crippen LogP contribution >= 0.6 is 0 Å². The van der Waals surface area contributed by atoms with Crippen molar-refractivity contribution >= 4 is 11.4 Å². The van der Waals surface area contributed by atoms with Crippen molar-refractivity contribution in [1.29, 1.82) is 0 Å². The molecule has 2 N–H and O–H groups in total. The number of nitrogens with one attached hydrogen (secondary N) is 2. The Morgan fingerprint density at radius 2 is 1.00 bits per heavy atom. The molecule has 8 rings (SSSR count). The highest BCUT2D eigenvalue weighted by molar-refractivity contribution is 5.63. The van der Waals surface area contributed by atoms with Crippen LogP contribution in [0.5, 0.6) is 0 Å². The van der Waals surface area contributed by atoms with Crippen molar-refractivity contribution in [3.63, 3.8) is 0 Å². The lowest BCUT2D eigenvalue weighted by atomic mass is 9.76. The number of aryl methyl sites for hydroxylation is 2. The highest BCUT2D eigenvalue weighted by Crippen LogP contribution is 2.51. The molecule has 0 radical (unpaired) electrons. The summed E-state index contributed by atoms with van der Waals surface area (Å²) in [7, 11) is 0. The zero-order chi connectivity index (χ0) is 27.5. The molecule has 0 aromatic heterocycles. The van der Waals surface area contributed by atoms with E-state index in [-0.39, 0.29) is 0 Å². The number of hydrogen-bond acceptors (Lipinski definition) is 2. The molecule has 4 aliphatic rings. The van der Waals surface area contributed by atoms with E-state index in [1.54, 1.807) is 0 Å². The zero-order valence-corrected chi connectivity index (χ0v) is 24.0. The van der Waals surface area contributed by atoms with E-state index in [9.17, 15) is 0 Å². The minimum atomic E-state index is 0.359. The number of rotatable bonds is 4. The third kappa shape index (κ3) is 4.32. The quantitative estimate of drug-likeness (QED) is 0.255. The highest BCUT2D eigenvalue weighted by Gasteiger charge is 2.39. The Bertz CT molecular complexity index is 1530. The van der Waals surface area contributed by atoms with E-state index in [1.165, 1.54) is 55.9 Å². The standard InChI is InChI=1S/C39H38N2/c1-24-9-15-28(16-10-24)38-32-7-3-5-30(32)34-22-26(13-19-36(34)40-38)21-27-14-20-37-35(23-27)31-6-4-8-33(31)39(41-37)29-17-11-25(2)12-18-29/h3-6,9-20,22-23,30-33,38-41H,7-8,21H2,1-2H3/t30-,31-,32+,33+,38+,39+/m0/s1. The van der Waals surface area contributed by atoms with Gasteiger partial charge in [0.05, 0.1) is 12.1 Å². The minimum absolute atomic E-state index is 0.359. The molecule has 2 heterocycles. The van der Waals surface area contributed by atoms with Gasteiger partial charge in [-0.2, -0.15) is 0 Å². The molecular weight excluding hydrogens is 496 g/mol. The summed E-state index contributed by atoms with van der Waals surface area (Å²) in [5, 5.41) is 7.85. The first-order valence-electron chi connectivity index (χ1n) is 15.4. The molecule has 0 spiro atoms. The van der Waals surface area contributed by atoms with Gasteiger partial charge in [-0.3, -0.25) is 0 Å². The van der Waals surface area contributed by atoms with Gasteiger partial charge in [-0.25, -0.2) is 0 Å². The van der Waals surface area contributed by atoms with E-state index in [0.29, 0.717) is 35.8 Å². The van der Waals surface area contributed by atoms with Crippen molar-refractivity contribution in [2.75, 3.05) is 10.6 Å². The molecule has 0 saturated heterocycles. The summed E-state index contributed by atoms with van der Waals surface area (Å²) in [5.41, 5.74) is 13.7. The lowest BCUT2D eigenvalue weighted by molar-refractivity contribution is 0.425. The first-order valence-corrected chi connectivity index (χ1v) is 15.4. The fraction of sp³-hybridized carbons (Fsp3) is 0.282. The summed E-state index contributed by atoms with van der Waals surface area (Å²) in [4.78, 5) is 0. The van der Waals surface area contributed by atoms with Gasteiger partial charge in [0.2, 0.25) is 0 Å². The van der Waals surface area contributed by atoms with E-state index in [0.717, 1.165) is 19.3 Å². The van der Waals surface area contributed by atoms with E-state index in [4.69, 9.17) is 0 Å². The smallest absolute Gasteiger partial charge is 0.0553 e. The van der Waals surface area contributed by atoms with Crippen LogP contribution in [0.2, 0.25) is 0 Å². The maximum atomic E-state index is 3.93.